The van der Waals surface area contributed by atoms with Crippen LogP contribution in [0.15, 0.2) is 52.4 Å². The topological polar surface area (TPSA) is 34.1 Å². The van der Waals surface area contributed by atoms with E-state index in [1.807, 2.05) is 18.3 Å². The largest absolute Gasteiger partial charge is 0.497 e. The van der Waals surface area contributed by atoms with E-state index in [2.05, 4.69) is 48.4 Å². The van der Waals surface area contributed by atoms with E-state index in [4.69, 9.17) is 4.74 Å². The lowest BCUT2D eigenvalue weighted by Crippen LogP contribution is -2.20. The maximum Gasteiger partial charge on any atom is 0.118 e. The Bertz CT molecular complexity index is 540. The number of pyridine rings is 1. The van der Waals surface area contributed by atoms with Crippen molar-refractivity contribution in [1.82, 2.24) is 10.3 Å². The van der Waals surface area contributed by atoms with Gasteiger partial charge >= 0.3 is 0 Å². The number of nitrogens with one attached hydrogen (secondary N) is 1. The van der Waals surface area contributed by atoms with Crippen molar-refractivity contribution in [2.24, 2.45) is 0 Å². The molecule has 3 nitrogen and oxygen atoms in total. The molecule has 0 fully saturated rings. The highest BCUT2D eigenvalue weighted by molar-refractivity contribution is 7.99. The fraction of sp³-hybridized carbons (Fsp3) is 0.353. The fourth-order valence-electron chi connectivity index (χ4n) is 1.95. The van der Waals surface area contributed by atoms with Gasteiger partial charge in [0.25, 0.3) is 0 Å². The lowest BCUT2D eigenvalue weighted by atomic mass is 10.2. The molecule has 1 N–H and O–H groups in total. The van der Waals surface area contributed by atoms with Crippen LogP contribution < -0.4 is 10.1 Å². The molecule has 0 aliphatic rings. The van der Waals surface area contributed by atoms with Crippen molar-refractivity contribution in [3.8, 4) is 5.75 Å². The van der Waals surface area contributed by atoms with Crippen LogP contribution in [0.2, 0.25) is 0 Å². The zero-order valence-electron chi connectivity index (χ0n) is 12.8. The highest BCUT2D eigenvalue weighted by Gasteiger charge is 2.06. The van der Waals surface area contributed by atoms with Gasteiger partial charge in [0.1, 0.15) is 5.75 Å². The molecule has 0 bridgehead atoms. The highest BCUT2D eigenvalue weighted by atomic mass is 32.2. The Morgan fingerprint density at radius 2 is 1.86 bits per heavy atom. The average Bonchev–Trinajstić information content (AvgIpc) is 2.54. The average molecular weight is 302 g/mol. The predicted molar refractivity (Wildman–Crippen MR) is 88.1 cm³/mol. The van der Waals surface area contributed by atoms with E-state index in [0.29, 0.717) is 6.04 Å². The molecule has 1 aromatic heterocycles. The van der Waals surface area contributed by atoms with E-state index in [1.54, 1.807) is 18.9 Å². The monoisotopic (exact) mass is 302 g/mol. The summed E-state index contributed by atoms with van der Waals surface area (Å²) in [6.45, 7) is 5.33. The number of nitrogens with zero attached hydrogens (tertiary/aromatic N) is 1. The fourth-order valence-corrected chi connectivity index (χ4v) is 2.74. The quantitative estimate of drug-likeness (QED) is 0.827. The second-order valence-corrected chi connectivity index (χ2v) is 6.02. The number of hydrogen-bond acceptors (Lipinski definition) is 4. The van der Waals surface area contributed by atoms with Gasteiger partial charge in [-0.15, -0.1) is 0 Å². The van der Waals surface area contributed by atoms with Crippen molar-refractivity contribution in [2.45, 2.75) is 36.1 Å². The van der Waals surface area contributed by atoms with Crippen molar-refractivity contribution in [3.63, 3.8) is 0 Å². The van der Waals surface area contributed by atoms with Crippen LogP contribution in [0.3, 0.4) is 0 Å². The van der Waals surface area contributed by atoms with Gasteiger partial charge in [0.15, 0.2) is 0 Å². The van der Waals surface area contributed by atoms with Crippen molar-refractivity contribution in [1.29, 1.82) is 0 Å². The molecule has 0 saturated heterocycles. The normalized spacial score (nSPS) is 12.1. The standard InChI is InChI=1S/C17H22N2OS/c1-4-11-18-13(2)17-10-9-16(12-19-17)21-15-7-5-14(20-3)6-8-15/h5-10,12-13,18H,4,11H2,1-3H3. The third-order valence-electron chi connectivity index (χ3n) is 3.20. The minimum atomic E-state index is 0.296. The van der Waals surface area contributed by atoms with Crippen LogP contribution in [0, 0.1) is 0 Å². The van der Waals surface area contributed by atoms with Gasteiger partial charge < -0.3 is 10.1 Å². The van der Waals surface area contributed by atoms with E-state index < -0.39 is 0 Å². The zero-order chi connectivity index (χ0) is 15.1. The van der Waals surface area contributed by atoms with Crippen molar-refractivity contribution in [2.75, 3.05) is 13.7 Å². The Balaban J connectivity index is 1.98. The summed E-state index contributed by atoms with van der Waals surface area (Å²) in [6.07, 6.45) is 3.07. The van der Waals surface area contributed by atoms with Crippen LogP contribution in [0.5, 0.6) is 5.75 Å². The number of benzene rings is 1. The van der Waals surface area contributed by atoms with Crippen LogP contribution in [0.1, 0.15) is 32.0 Å². The maximum absolute atomic E-state index is 5.17. The van der Waals surface area contributed by atoms with Crippen LogP contribution in [-0.4, -0.2) is 18.6 Å². The minimum Gasteiger partial charge on any atom is -0.497 e. The Hall–Kier alpha value is -1.52. The Morgan fingerprint density at radius 3 is 2.43 bits per heavy atom. The van der Waals surface area contributed by atoms with Gasteiger partial charge in [0, 0.05) is 22.0 Å². The van der Waals surface area contributed by atoms with E-state index >= 15 is 0 Å². The third-order valence-corrected chi connectivity index (χ3v) is 4.18. The van der Waals surface area contributed by atoms with Crippen LogP contribution in [-0.2, 0) is 0 Å². The second-order valence-electron chi connectivity index (χ2n) is 4.87. The molecule has 0 aliphatic carbocycles. The molecular weight excluding hydrogens is 280 g/mol. The molecule has 1 atom stereocenters. The molecule has 1 aromatic carbocycles. The molecule has 21 heavy (non-hydrogen) atoms. The molecule has 2 rings (SSSR count). The third kappa shape index (κ3) is 4.76. The van der Waals surface area contributed by atoms with Crippen LogP contribution in [0.25, 0.3) is 0 Å². The number of methoxy groups -OCH3 is 1. The summed E-state index contributed by atoms with van der Waals surface area (Å²) in [5.74, 6) is 0.878. The number of ether oxygens (including phenoxy) is 1. The van der Waals surface area contributed by atoms with Gasteiger partial charge in [-0.2, -0.15) is 0 Å². The minimum absolute atomic E-state index is 0.296. The van der Waals surface area contributed by atoms with Crippen LogP contribution >= 0.6 is 11.8 Å². The molecule has 0 aliphatic heterocycles. The van der Waals surface area contributed by atoms with E-state index in [1.165, 1.54) is 4.90 Å². The highest BCUT2D eigenvalue weighted by Crippen LogP contribution is 2.28. The lowest BCUT2D eigenvalue weighted by Gasteiger charge is -2.12. The first-order valence-electron chi connectivity index (χ1n) is 7.24. The lowest BCUT2D eigenvalue weighted by molar-refractivity contribution is 0.414. The summed E-state index contributed by atoms with van der Waals surface area (Å²) in [4.78, 5) is 6.88. The van der Waals surface area contributed by atoms with Gasteiger partial charge in [-0.1, -0.05) is 18.7 Å². The Morgan fingerprint density at radius 1 is 1.14 bits per heavy atom. The first-order valence-corrected chi connectivity index (χ1v) is 8.06. The first kappa shape index (κ1) is 15.9. The van der Waals surface area contributed by atoms with Crippen molar-refractivity contribution in [3.05, 3.63) is 48.3 Å². The molecular formula is C17H22N2OS. The van der Waals surface area contributed by atoms with Crippen LogP contribution in [0.4, 0.5) is 0 Å². The summed E-state index contributed by atoms with van der Waals surface area (Å²) in [5, 5.41) is 3.45. The number of hydrogen-bond donors (Lipinski definition) is 1. The number of aromatic nitrogens is 1. The van der Waals surface area contributed by atoms with Gasteiger partial charge in [0.2, 0.25) is 0 Å². The summed E-state index contributed by atoms with van der Waals surface area (Å²) >= 11 is 1.71. The van der Waals surface area contributed by atoms with Gasteiger partial charge in [0.05, 0.1) is 12.8 Å². The molecule has 112 valence electrons. The molecule has 0 radical (unpaired) electrons. The molecule has 2 aromatic rings. The molecule has 0 amide bonds. The Kier molecular flexibility index (Phi) is 6.08. The van der Waals surface area contributed by atoms with Gasteiger partial charge in [-0.3, -0.25) is 4.98 Å². The number of rotatable bonds is 7. The molecule has 0 saturated carbocycles. The molecule has 4 heteroatoms. The summed E-state index contributed by atoms with van der Waals surface area (Å²) in [6, 6.07) is 12.6. The summed E-state index contributed by atoms with van der Waals surface area (Å²) in [5.41, 5.74) is 1.09. The van der Waals surface area contributed by atoms with Gasteiger partial charge in [-0.05, 0) is 56.3 Å². The molecule has 0 spiro atoms. The molecule has 1 heterocycles. The zero-order valence-corrected chi connectivity index (χ0v) is 13.6. The molecule has 1 unspecified atom stereocenters. The maximum atomic E-state index is 5.17. The smallest absolute Gasteiger partial charge is 0.118 e. The van der Waals surface area contributed by atoms with Gasteiger partial charge in [-0.25, -0.2) is 0 Å². The summed E-state index contributed by atoms with van der Waals surface area (Å²) in [7, 11) is 1.68. The van der Waals surface area contributed by atoms with Crippen molar-refractivity contribution < 1.29 is 4.74 Å². The summed E-state index contributed by atoms with van der Waals surface area (Å²) < 4.78 is 5.17. The van der Waals surface area contributed by atoms with E-state index in [9.17, 15) is 0 Å². The Labute approximate surface area is 131 Å². The predicted octanol–water partition coefficient (Wildman–Crippen LogP) is 4.30. The van der Waals surface area contributed by atoms with E-state index in [-0.39, 0.29) is 0 Å². The van der Waals surface area contributed by atoms with Crippen molar-refractivity contribution >= 4 is 11.8 Å². The SMILES string of the molecule is CCCNC(C)c1ccc(Sc2ccc(OC)cc2)cn1. The second kappa shape index (κ2) is 8.05. The first-order chi connectivity index (χ1) is 10.2. The van der Waals surface area contributed by atoms with E-state index in [0.717, 1.165) is 29.3 Å².